The Morgan fingerprint density at radius 3 is 2.61 bits per heavy atom. The molecule has 0 aliphatic rings. The van der Waals surface area contributed by atoms with Crippen molar-refractivity contribution in [1.29, 1.82) is 5.26 Å². The zero-order chi connectivity index (χ0) is 16.8. The van der Waals surface area contributed by atoms with Crippen LogP contribution in [0.15, 0.2) is 48.0 Å². The summed E-state index contributed by atoms with van der Waals surface area (Å²) in [5.41, 5.74) is 0.955. The first-order valence-corrected chi connectivity index (χ1v) is 7.30. The number of phenols is 1. The molecule has 116 valence electrons. The first-order valence-electron chi connectivity index (χ1n) is 6.93. The Labute approximate surface area is 139 Å². The van der Waals surface area contributed by atoms with Crippen molar-refractivity contribution in [3.63, 3.8) is 0 Å². The number of halogens is 1. The molecule has 2 aromatic rings. The molecule has 23 heavy (non-hydrogen) atoms. The summed E-state index contributed by atoms with van der Waals surface area (Å²) in [6.45, 7) is 2.20. The first kappa shape index (κ1) is 16.6. The van der Waals surface area contributed by atoms with Crippen LogP contribution in [0.2, 0.25) is 5.02 Å². The molecule has 0 bridgehead atoms. The lowest BCUT2D eigenvalue weighted by Gasteiger charge is -2.06. The van der Waals surface area contributed by atoms with Crippen LogP contribution in [0.1, 0.15) is 22.8 Å². The van der Waals surface area contributed by atoms with E-state index in [9.17, 15) is 15.2 Å². The number of ketones is 1. The third kappa shape index (κ3) is 4.12. The van der Waals surface area contributed by atoms with Gasteiger partial charge in [-0.3, -0.25) is 4.79 Å². The normalized spacial score (nSPS) is 10.9. The van der Waals surface area contributed by atoms with Gasteiger partial charge in [0.2, 0.25) is 5.78 Å². The van der Waals surface area contributed by atoms with Crippen molar-refractivity contribution >= 4 is 23.5 Å². The van der Waals surface area contributed by atoms with Crippen LogP contribution in [0.5, 0.6) is 11.5 Å². The summed E-state index contributed by atoms with van der Waals surface area (Å²) in [5.74, 6) is -0.0841. The van der Waals surface area contributed by atoms with E-state index in [1.807, 2.05) is 6.07 Å². The van der Waals surface area contributed by atoms with E-state index >= 15 is 0 Å². The number of nitriles is 1. The number of carbonyl (C=O) groups is 1. The maximum Gasteiger partial charge on any atom is 0.203 e. The molecule has 0 aromatic heterocycles. The SMILES string of the molecule is CCOc1cc(/C=C(\C#N)C(=O)c2ccc(Cl)cc2)ccc1O. The zero-order valence-corrected chi connectivity index (χ0v) is 13.2. The van der Waals surface area contributed by atoms with E-state index in [2.05, 4.69) is 0 Å². The summed E-state index contributed by atoms with van der Waals surface area (Å²) in [6, 6.07) is 12.9. The van der Waals surface area contributed by atoms with Gasteiger partial charge in [0.1, 0.15) is 11.6 Å². The minimum Gasteiger partial charge on any atom is -0.504 e. The molecule has 0 amide bonds. The van der Waals surface area contributed by atoms with Gasteiger partial charge in [-0.1, -0.05) is 17.7 Å². The van der Waals surface area contributed by atoms with Gasteiger partial charge >= 0.3 is 0 Å². The lowest BCUT2D eigenvalue weighted by Crippen LogP contribution is -2.01. The maximum absolute atomic E-state index is 12.4. The van der Waals surface area contributed by atoms with Gasteiger partial charge in [-0.05, 0) is 55.0 Å². The van der Waals surface area contributed by atoms with Crippen LogP contribution in [0, 0.1) is 11.3 Å². The Morgan fingerprint density at radius 2 is 2.00 bits per heavy atom. The van der Waals surface area contributed by atoms with Gasteiger partial charge in [-0.25, -0.2) is 0 Å². The summed E-state index contributed by atoms with van der Waals surface area (Å²) in [4.78, 5) is 12.4. The molecule has 0 atom stereocenters. The van der Waals surface area contributed by atoms with Gasteiger partial charge in [0.15, 0.2) is 11.5 Å². The second kappa shape index (κ2) is 7.48. The third-order valence-electron chi connectivity index (χ3n) is 3.07. The van der Waals surface area contributed by atoms with E-state index in [1.54, 1.807) is 43.3 Å². The zero-order valence-electron chi connectivity index (χ0n) is 12.4. The summed E-state index contributed by atoms with van der Waals surface area (Å²) in [6.07, 6.45) is 1.46. The Bertz CT molecular complexity index is 789. The number of hydrogen-bond donors (Lipinski definition) is 1. The summed E-state index contributed by atoms with van der Waals surface area (Å²) < 4.78 is 5.29. The topological polar surface area (TPSA) is 70.3 Å². The minimum absolute atomic E-state index is 0.00605. The Kier molecular flexibility index (Phi) is 5.40. The monoisotopic (exact) mass is 327 g/mol. The number of hydrogen-bond acceptors (Lipinski definition) is 4. The molecule has 0 aliphatic carbocycles. The van der Waals surface area contributed by atoms with Crippen LogP contribution in [0.3, 0.4) is 0 Å². The van der Waals surface area contributed by atoms with Gasteiger partial charge in [-0.15, -0.1) is 0 Å². The Morgan fingerprint density at radius 1 is 1.30 bits per heavy atom. The smallest absolute Gasteiger partial charge is 0.203 e. The van der Waals surface area contributed by atoms with Crippen LogP contribution in [0.25, 0.3) is 6.08 Å². The van der Waals surface area contributed by atoms with Crippen molar-refractivity contribution in [2.45, 2.75) is 6.92 Å². The summed E-state index contributed by atoms with van der Waals surface area (Å²) in [7, 11) is 0. The van der Waals surface area contributed by atoms with Crippen LogP contribution in [-0.4, -0.2) is 17.5 Å². The van der Waals surface area contributed by atoms with Crippen molar-refractivity contribution in [2.75, 3.05) is 6.61 Å². The molecule has 0 unspecified atom stereocenters. The lowest BCUT2D eigenvalue weighted by molar-refractivity contribution is 0.104. The fourth-order valence-electron chi connectivity index (χ4n) is 1.96. The van der Waals surface area contributed by atoms with Gasteiger partial charge in [-0.2, -0.15) is 5.26 Å². The van der Waals surface area contributed by atoms with E-state index in [1.165, 1.54) is 12.1 Å². The third-order valence-corrected chi connectivity index (χ3v) is 3.32. The predicted octanol–water partition coefficient (Wildman–Crippen LogP) is 4.23. The molecule has 1 N–H and O–H groups in total. The fraction of sp³-hybridized carbons (Fsp3) is 0.111. The number of Topliss-reactive ketones (excluding diaryl/α,β-unsaturated/α-hetero) is 1. The highest BCUT2D eigenvalue weighted by molar-refractivity contribution is 6.30. The number of carbonyl (C=O) groups excluding carboxylic acids is 1. The summed E-state index contributed by atoms with van der Waals surface area (Å²) in [5, 5.41) is 19.5. The highest BCUT2D eigenvalue weighted by atomic mass is 35.5. The van der Waals surface area contributed by atoms with Gasteiger partial charge in [0.05, 0.1) is 6.61 Å². The number of ether oxygens (including phenoxy) is 1. The Balaban J connectivity index is 2.35. The fourth-order valence-corrected chi connectivity index (χ4v) is 2.09. The number of aromatic hydroxyl groups is 1. The molecule has 0 saturated carbocycles. The quantitative estimate of drug-likeness (QED) is 0.506. The lowest BCUT2D eigenvalue weighted by atomic mass is 10.0. The number of benzene rings is 2. The highest BCUT2D eigenvalue weighted by Crippen LogP contribution is 2.28. The summed E-state index contributed by atoms with van der Waals surface area (Å²) >= 11 is 5.79. The number of allylic oxidation sites excluding steroid dienone is 1. The number of rotatable bonds is 5. The molecular weight excluding hydrogens is 314 g/mol. The highest BCUT2D eigenvalue weighted by Gasteiger charge is 2.12. The predicted molar refractivity (Wildman–Crippen MR) is 88.6 cm³/mol. The van der Waals surface area contributed by atoms with Crippen LogP contribution in [0.4, 0.5) is 0 Å². The number of phenolic OH excluding ortho intramolecular Hbond substituents is 1. The van der Waals surface area contributed by atoms with E-state index in [4.69, 9.17) is 16.3 Å². The molecular formula is C18H14ClNO3. The molecule has 0 aliphatic heterocycles. The molecule has 0 spiro atoms. The van der Waals surface area contributed by atoms with E-state index in [-0.39, 0.29) is 11.3 Å². The van der Waals surface area contributed by atoms with E-state index < -0.39 is 5.78 Å². The van der Waals surface area contributed by atoms with Crippen LogP contribution >= 0.6 is 11.6 Å². The largest absolute Gasteiger partial charge is 0.504 e. The van der Waals surface area contributed by atoms with Crippen molar-refractivity contribution < 1.29 is 14.6 Å². The molecule has 0 fully saturated rings. The van der Waals surface area contributed by atoms with Crippen LogP contribution in [-0.2, 0) is 0 Å². The second-order valence-corrected chi connectivity index (χ2v) is 5.10. The maximum atomic E-state index is 12.4. The molecule has 4 nitrogen and oxygen atoms in total. The van der Waals surface area contributed by atoms with E-state index in [0.29, 0.717) is 28.5 Å². The number of nitrogens with zero attached hydrogens (tertiary/aromatic N) is 1. The molecule has 0 saturated heterocycles. The average molecular weight is 328 g/mol. The van der Waals surface area contributed by atoms with E-state index in [0.717, 1.165) is 0 Å². The van der Waals surface area contributed by atoms with Crippen LogP contribution < -0.4 is 4.74 Å². The minimum atomic E-state index is -0.393. The van der Waals surface area contributed by atoms with Crippen molar-refractivity contribution in [3.8, 4) is 17.6 Å². The molecule has 0 radical (unpaired) electrons. The standard InChI is InChI=1S/C18H14ClNO3/c1-2-23-17-10-12(3-8-16(17)21)9-14(11-20)18(22)13-4-6-15(19)7-5-13/h3-10,21H,2H2,1H3/b14-9+. The van der Waals surface area contributed by atoms with Crippen molar-refractivity contribution in [2.24, 2.45) is 0 Å². The molecule has 2 rings (SSSR count). The Hall–Kier alpha value is -2.77. The average Bonchev–Trinajstić information content (AvgIpc) is 2.56. The second-order valence-electron chi connectivity index (χ2n) is 4.67. The molecule has 0 heterocycles. The van der Waals surface area contributed by atoms with Gasteiger partial charge < -0.3 is 9.84 Å². The van der Waals surface area contributed by atoms with Crippen molar-refractivity contribution in [1.82, 2.24) is 0 Å². The molecule has 2 aromatic carbocycles. The first-order chi connectivity index (χ1) is 11.0. The van der Waals surface area contributed by atoms with Gasteiger partial charge in [0.25, 0.3) is 0 Å². The molecule has 5 heteroatoms. The van der Waals surface area contributed by atoms with Crippen molar-refractivity contribution in [3.05, 3.63) is 64.2 Å². The van der Waals surface area contributed by atoms with Gasteiger partial charge in [0, 0.05) is 10.6 Å².